The number of Topliss-reactive ketones (excluding diaryl/α,β-unsaturated/α-hetero) is 1. The van der Waals surface area contributed by atoms with Crippen LogP contribution in [0.4, 0.5) is 5.69 Å². The maximum absolute atomic E-state index is 10.9. The average Bonchev–Trinajstić information content (AvgIpc) is 2.16. The largest absolute Gasteiger partial charge is 0.300 e. The number of benzene rings is 1. The Hall–Kier alpha value is -1.71. The van der Waals surface area contributed by atoms with Crippen molar-refractivity contribution in [1.82, 2.24) is 0 Å². The van der Waals surface area contributed by atoms with Gasteiger partial charge in [-0.3, -0.25) is 10.1 Å². The molecule has 0 fully saturated rings. The zero-order valence-electron chi connectivity index (χ0n) is 9.47. The van der Waals surface area contributed by atoms with Crippen LogP contribution in [0, 0.1) is 16.0 Å². The SMILES string of the molecule is CC(=O)CC(C)Cc1ccc([N+](=O)[O-])cc1. The van der Waals surface area contributed by atoms with Gasteiger partial charge >= 0.3 is 0 Å². The molecule has 1 aromatic rings. The second-order valence-electron chi connectivity index (χ2n) is 4.14. The Balaban J connectivity index is 2.61. The standard InChI is InChI=1S/C12H15NO3/c1-9(7-10(2)14)8-11-3-5-12(6-4-11)13(15)16/h3-6,9H,7-8H2,1-2H3. The van der Waals surface area contributed by atoms with Crippen molar-refractivity contribution in [1.29, 1.82) is 0 Å². The van der Waals surface area contributed by atoms with E-state index >= 15 is 0 Å². The number of carbonyl (C=O) groups excluding carboxylic acids is 1. The fourth-order valence-electron chi connectivity index (χ4n) is 1.72. The van der Waals surface area contributed by atoms with Crippen molar-refractivity contribution in [2.45, 2.75) is 26.7 Å². The van der Waals surface area contributed by atoms with Gasteiger partial charge in [0.15, 0.2) is 0 Å². The first kappa shape index (κ1) is 12.4. The Labute approximate surface area is 94.4 Å². The third-order valence-corrected chi connectivity index (χ3v) is 2.37. The van der Waals surface area contributed by atoms with Crippen LogP contribution in [0.2, 0.25) is 0 Å². The van der Waals surface area contributed by atoms with Gasteiger partial charge in [0.2, 0.25) is 0 Å². The minimum atomic E-state index is -0.414. The Bertz CT molecular complexity index is 384. The molecule has 1 aromatic carbocycles. The molecule has 86 valence electrons. The predicted octanol–water partition coefficient (Wildman–Crippen LogP) is 2.75. The maximum Gasteiger partial charge on any atom is 0.269 e. The fourth-order valence-corrected chi connectivity index (χ4v) is 1.72. The Morgan fingerprint density at radius 2 is 1.94 bits per heavy atom. The summed E-state index contributed by atoms with van der Waals surface area (Å²) in [5.41, 5.74) is 1.13. The number of nitro groups is 1. The van der Waals surface area contributed by atoms with Gasteiger partial charge in [0.1, 0.15) is 5.78 Å². The van der Waals surface area contributed by atoms with Gasteiger partial charge in [0, 0.05) is 18.6 Å². The van der Waals surface area contributed by atoms with Crippen LogP contribution >= 0.6 is 0 Å². The van der Waals surface area contributed by atoms with E-state index in [4.69, 9.17) is 0 Å². The van der Waals surface area contributed by atoms with Crippen molar-refractivity contribution in [3.63, 3.8) is 0 Å². The molecule has 1 rings (SSSR count). The first-order valence-corrected chi connectivity index (χ1v) is 5.22. The molecule has 0 amide bonds. The molecule has 4 heteroatoms. The molecule has 16 heavy (non-hydrogen) atoms. The summed E-state index contributed by atoms with van der Waals surface area (Å²) < 4.78 is 0. The molecular formula is C12H15NO3. The van der Waals surface area contributed by atoms with Crippen molar-refractivity contribution < 1.29 is 9.72 Å². The van der Waals surface area contributed by atoms with Gasteiger partial charge in [0.05, 0.1) is 4.92 Å². The zero-order chi connectivity index (χ0) is 12.1. The summed E-state index contributed by atoms with van der Waals surface area (Å²) >= 11 is 0. The van der Waals surface area contributed by atoms with E-state index in [0.29, 0.717) is 6.42 Å². The number of carbonyl (C=O) groups is 1. The van der Waals surface area contributed by atoms with Crippen LogP contribution < -0.4 is 0 Å². The number of non-ortho nitro benzene ring substituents is 1. The van der Waals surface area contributed by atoms with Crippen molar-refractivity contribution in [2.24, 2.45) is 5.92 Å². The van der Waals surface area contributed by atoms with Crippen LogP contribution in [0.15, 0.2) is 24.3 Å². The molecule has 0 bridgehead atoms. The maximum atomic E-state index is 10.9. The predicted molar refractivity (Wildman–Crippen MR) is 61.3 cm³/mol. The van der Waals surface area contributed by atoms with Gasteiger partial charge in [-0.2, -0.15) is 0 Å². The summed E-state index contributed by atoms with van der Waals surface area (Å²) in [6.07, 6.45) is 1.33. The molecular weight excluding hydrogens is 206 g/mol. The molecule has 0 spiro atoms. The Morgan fingerprint density at radius 3 is 2.38 bits per heavy atom. The molecule has 0 aliphatic rings. The monoisotopic (exact) mass is 221 g/mol. The van der Waals surface area contributed by atoms with E-state index in [1.807, 2.05) is 6.92 Å². The van der Waals surface area contributed by atoms with Gasteiger partial charge < -0.3 is 4.79 Å². The molecule has 4 nitrogen and oxygen atoms in total. The summed E-state index contributed by atoms with van der Waals surface area (Å²) in [6, 6.07) is 6.48. The van der Waals surface area contributed by atoms with Crippen molar-refractivity contribution >= 4 is 11.5 Å². The smallest absolute Gasteiger partial charge is 0.269 e. The number of nitrogens with zero attached hydrogens (tertiary/aromatic N) is 1. The molecule has 0 radical (unpaired) electrons. The topological polar surface area (TPSA) is 60.2 Å². The van der Waals surface area contributed by atoms with Gasteiger partial charge in [-0.1, -0.05) is 19.1 Å². The number of nitro benzene ring substituents is 1. The Kier molecular flexibility index (Phi) is 4.17. The van der Waals surface area contributed by atoms with Crippen LogP contribution in [0.25, 0.3) is 0 Å². The van der Waals surface area contributed by atoms with Crippen LogP contribution in [-0.2, 0) is 11.2 Å². The highest BCUT2D eigenvalue weighted by atomic mass is 16.6. The molecule has 1 atom stereocenters. The molecule has 0 saturated carbocycles. The van der Waals surface area contributed by atoms with Gasteiger partial charge in [-0.25, -0.2) is 0 Å². The van der Waals surface area contributed by atoms with Gasteiger partial charge in [-0.05, 0) is 24.8 Å². The molecule has 1 unspecified atom stereocenters. The highest BCUT2D eigenvalue weighted by Gasteiger charge is 2.08. The summed E-state index contributed by atoms with van der Waals surface area (Å²) in [5.74, 6) is 0.452. The molecule has 0 saturated heterocycles. The normalized spacial score (nSPS) is 12.1. The third kappa shape index (κ3) is 3.81. The quantitative estimate of drug-likeness (QED) is 0.567. The lowest BCUT2D eigenvalue weighted by molar-refractivity contribution is -0.384. The first-order valence-electron chi connectivity index (χ1n) is 5.22. The van der Waals surface area contributed by atoms with E-state index in [9.17, 15) is 14.9 Å². The summed E-state index contributed by atoms with van der Waals surface area (Å²) in [4.78, 5) is 20.9. The highest BCUT2D eigenvalue weighted by Crippen LogP contribution is 2.16. The van der Waals surface area contributed by atoms with E-state index in [0.717, 1.165) is 12.0 Å². The van der Waals surface area contributed by atoms with Gasteiger partial charge in [0.25, 0.3) is 5.69 Å². The van der Waals surface area contributed by atoms with Crippen LogP contribution in [0.1, 0.15) is 25.8 Å². The third-order valence-electron chi connectivity index (χ3n) is 2.37. The fraction of sp³-hybridized carbons (Fsp3) is 0.417. The summed E-state index contributed by atoms with van der Waals surface area (Å²) in [6.45, 7) is 3.58. The molecule has 0 aliphatic carbocycles. The molecule has 0 N–H and O–H groups in total. The number of ketones is 1. The Morgan fingerprint density at radius 1 is 1.38 bits per heavy atom. The molecule has 0 aliphatic heterocycles. The second kappa shape index (κ2) is 5.39. The number of hydrogen-bond acceptors (Lipinski definition) is 3. The van der Waals surface area contributed by atoms with Crippen molar-refractivity contribution in [3.05, 3.63) is 39.9 Å². The number of rotatable bonds is 5. The van der Waals surface area contributed by atoms with Crippen molar-refractivity contribution in [3.8, 4) is 0 Å². The lowest BCUT2D eigenvalue weighted by Gasteiger charge is -2.08. The average molecular weight is 221 g/mol. The summed E-state index contributed by atoms with van der Waals surface area (Å²) in [5, 5.41) is 10.4. The van der Waals surface area contributed by atoms with E-state index in [1.54, 1.807) is 19.1 Å². The summed E-state index contributed by atoms with van der Waals surface area (Å²) in [7, 11) is 0. The van der Waals surface area contributed by atoms with E-state index in [2.05, 4.69) is 0 Å². The highest BCUT2D eigenvalue weighted by molar-refractivity contribution is 5.75. The van der Waals surface area contributed by atoms with E-state index in [1.165, 1.54) is 12.1 Å². The van der Waals surface area contributed by atoms with Crippen LogP contribution in [0.5, 0.6) is 0 Å². The molecule has 0 heterocycles. The second-order valence-corrected chi connectivity index (χ2v) is 4.14. The lowest BCUT2D eigenvalue weighted by Crippen LogP contribution is -2.05. The first-order chi connectivity index (χ1) is 7.49. The van der Waals surface area contributed by atoms with E-state index < -0.39 is 4.92 Å². The molecule has 0 aromatic heterocycles. The number of hydrogen-bond donors (Lipinski definition) is 0. The minimum Gasteiger partial charge on any atom is -0.300 e. The van der Waals surface area contributed by atoms with E-state index in [-0.39, 0.29) is 17.4 Å². The van der Waals surface area contributed by atoms with Crippen LogP contribution in [-0.4, -0.2) is 10.7 Å². The van der Waals surface area contributed by atoms with Crippen molar-refractivity contribution in [2.75, 3.05) is 0 Å². The minimum absolute atomic E-state index is 0.1000. The van der Waals surface area contributed by atoms with Gasteiger partial charge in [-0.15, -0.1) is 0 Å². The zero-order valence-corrected chi connectivity index (χ0v) is 9.47. The van der Waals surface area contributed by atoms with Crippen LogP contribution in [0.3, 0.4) is 0 Å². The lowest BCUT2D eigenvalue weighted by atomic mass is 9.96.